The summed E-state index contributed by atoms with van der Waals surface area (Å²) in [4.78, 5) is 2.64. The first-order valence-electron chi connectivity index (χ1n) is 9.18. The van der Waals surface area contributed by atoms with Gasteiger partial charge in [0.2, 0.25) is 0 Å². The van der Waals surface area contributed by atoms with E-state index in [-0.39, 0.29) is 5.54 Å². The van der Waals surface area contributed by atoms with Crippen LogP contribution in [-0.2, 0) is 5.54 Å². The highest BCUT2D eigenvalue weighted by molar-refractivity contribution is 5.49. The molecule has 0 spiro atoms. The van der Waals surface area contributed by atoms with E-state index in [2.05, 4.69) is 92.5 Å². The number of aryl methyl sites for hydroxylation is 1. The molecule has 0 heterocycles. The van der Waals surface area contributed by atoms with Crippen LogP contribution in [0.4, 0.5) is 0 Å². The molecule has 0 radical (unpaired) electrons. The summed E-state index contributed by atoms with van der Waals surface area (Å²) < 4.78 is 0. The van der Waals surface area contributed by atoms with Gasteiger partial charge in [-0.1, -0.05) is 73.7 Å². The molecule has 0 N–H and O–H groups in total. The molecule has 1 heteroatoms. The average molecular weight is 319 g/mol. The third-order valence-electron chi connectivity index (χ3n) is 5.57. The second-order valence-corrected chi connectivity index (χ2v) is 7.06. The fraction of sp³-hybridized carbons (Fsp3) is 0.391. The summed E-state index contributed by atoms with van der Waals surface area (Å²) in [5.74, 6) is 0. The number of hydrogen-bond donors (Lipinski definition) is 0. The van der Waals surface area contributed by atoms with Crippen molar-refractivity contribution in [3.63, 3.8) is 0 Å². The topological polar surface area (TPSA) is 3.24 Å². The lowest BCUT2D eigenvalue weighted by molar-refractivity contribution is 0.104. The third-order valence-corrected chi connectivity index (χ3v) is 5.57. The molecule has 1 saturated carbocycles. The van der Waals surface area contributed by atoms with E-state index in [1.165, 1.54) is 29.5 Å². The van der Waals surface area contributed by atoms with Gasteiger partial charge in [0, 0.05) is 11.6 Å². The Morgan fingerprint density at radius 1 is 1.04 bits per heavy atom. The van der Waals surface area contributed by atoms with Gasteiger partial charge in [0.1, 0.15) is 0 Å². The summed E-state index contributed by atoms with van der Waals surface area (Å²) in [6, 6.07) is 20.3. The first-order chi connectivity index (χ1) is 11.7. The van der Waals surface area contributed by atoms with E-state index in [1.807, 2.05) is 0 Å². The highest BCUT2D eigenvalue weighted by Crippen LogP contribution is 2.43. The Hall–Kier alpha value is -1.86. The number of hydrogen-bond acceptors (Lipinski definition) is 1. The second-order valence-electron chi connectivity index (χ2n) is 7.06. The molecule has 0 saturated heterocycles. The normalized spacial score (nSPS) is 17.3. The standard InChI is InChI=1S/C23H29N/c1-4-23(24(3)21-16-17-21,22-15-9-8-11-19(22)2)18-10-14-20-12-6-5-7-13-20/h5-15,21H,4,16-18H2,1-3H3. The van der Waals surface area contributed by atoms with Crippen molar-refractivity contribution in [2.45, 2.75) is 51.1 Å². The first-order valence-corrected chi connectivity index (χ1v) is 9.18. The van der Waals surface area contributed by atoms with E-state index in [9.17, 15) is 0 Å². The Morgan fingerprint density at radius 2 is 1.71 bits per heavy atom. The summed E-state index contributed by atoms with van der Waals surface area (Å²) in [6.45, 7) is 4.59. The summed E-state index contributed by atoms with van der Waals surface area (Å²) >= 11 is 0. The van der Waals surface area contributed by atoms with E-state index in [0.29, 0.717) is 0 Å². The first kappa shape index (κ1) is 17.0. The van der Waals surface area contributed by atoms with E-state index in [0.717, 1.165) is 18.9 Å². The maximum atomic E-state index is 2.64. The van der Waals surface area contributed by atoms with Crippen molar-refractivity contribution >= 4 is 6.08 Å². The van der Waals surface area contributed by atoms with Crippen molar-refractivity contribution in [1.82, 2.24) is 4.90 Å². The molecule has 1 unspecified atom stereocenters. The lowest BCUT2D eigenvalue weighted by atomic mass is 9.80. The van der Waals surface area contributed by atoms with Gasteiger partial charge in [0.05, 0.1) is 0 Å². The minimum Gasteiger partial charge on any atom is -0.293 e. The quantitative estimate of drug-likeness (QED) is 0.623. The van der Waals surface area contributed by atoms with Gasteiger partial charge in [-0.25, -0.2) is 0 Å². The highest BCUT2D eigenvalue weighted by Gasteiger charge is 2.41. The smallest absolute Gasteiger partial charge is 0.0494 e. The molecule has 126 valence electrons. The van der Waals surface area contributed by atoms with Gasteiger partial charge in [-0.05, 0) is 56.3 Å². The number of nitrogens with zero attached hydrogens (tertiary/aromatic N) is 1. The predicted octanol–water partition coefficient (Wildman–Crippen LogP) is 5.80. The van der Waals surface area contributed by atoms with Crippen molar-refractivity contribution in [1.29, 1.82) is 0 Å². The van der Waals surface area contributed by atoms with Gasteiger partial charge < -0.3 is 0 Å². The van der Waals surface area contributed by atoms with Gasteiger partial charge in [-0.15, -0.1) is 0 Å². The van der Waals surface area contributed by atoms with Crippen LogP contribution >= 0.6 is 0 Å². The average Bonchev–Trinajstić information content (AvgIpc) is 3.45. The molecular weight excluding hydrogens is 290 g/mol. The fourth-order valence-corrected chi connectivity index (χ4v) is 3.89. The molecule has 1 aliphatic rings. The van der Waals surface area contributed by atoms with Gasteiger partial charge in [0.25, 0.3) is 0 Å². The van der Waals surface area contributed by atoms with Gasteiger partial charge in [0.15, 0.2) is 0 Å². The summed E-state index contributed by atoms with van der Waals surface area (Å²) in [7, 11) is 2.32. The van der Waals surface area contributed by atoms with Crippen LogP contribution in [0, 0.1) is 6.92 Å². The Balaban J connectivity index is 1.92. The van der Waals surface area contributed by atoms with Gasteiger partial charge in [-0.2, -0.15) is 0 Å². The molecule has 2 aromatic carbocycles. The Labute approximate surface area is 147 Å². The van der Waals surface area contributed by atoms with E-state index >= 15 is 0 Å². The van der Waals surface area contributed by atoms with Gasteiger partial charge in [-0.3, -0.25) is 4.90 Å². The molecule has 0 amide bonds. The monoisotopic (exact) mass is 319 g/mol. The van der Waals surface area contributed by atoms with Crippen molar-refractivity contribution in [3.8, 4) is 0 Å². The Morgan fingerprint density at radius 3 is 2.33 bits per heavy atom. The molecule has 1 atom stereocenters. The Kier molecular flexibility index (Phi) is 5.20. The predicted molar refractivity (Wildman–Crippen MR) is 104 cm³/mol. The fourth-order valence-electron chi connectivity index (χ4n) is 3.89. The second kappa shape index (κ2) is 7.36. The van der Waals surface area contributed by atoms with Crippen LogP contribution in [0.25, 0.3) is 6.08 Å². The van der Waals surface area contributed by atoms with Crippen LogP contribution in [-0.4, -0.2) is 18.0 Å². The van der Waals surface area contributed by atoms with E-state index in [1.54, 1.807) is 0 Å². The zero-order valence-electron chi connectivity index (χ0n) is 15.2. The molecule has 3 rings (SSSR count). The minimum atomic E-state index is 0.0950. The van der Waals surface area contributed by atoms with Crippen molar-refractivity contribution < 1.29 is 0 Å². The number of benzene rings is 2. The van der Waals surface area contributed by atoms with Crippen molar-refractivity contribution in [3.05, 3.63) is 77.4 Å². The molecule has 2 aromatic rings. The molecule has 1 fully saturated rings. The SMILES string of the molecule is CCC(CC=Cc1ccccc1)(c1ccccc1C)N(C)C1CC1. The molecule has 24 heavy (non-hydrogen) atoms. The van der Waals surface area contributed by atoms with Crippen LogP contribution in [0.2, 0.25) is 0 Å². The van der Waals surface area contributed by atoms with Gasteiger partial charge >= 0.3 is 0 Å². The molecule has 1 nitrogen and oxygen atoms in total. The highest BCUT2D eigenvalue weighted by atomic mass is 15.2. The minimum absolute atomic E-state index is 0.0950. The van der Waals surface area contributed by atoms with Crippen molar-refractivity contribution in [2.75, 3.05) is 7.05 Å². The van der Waals surface area contributed by atoms with Crippen LogP contribution in [0.15, 0.2) is 60.7 Å². The maximum absolute atomic E-state index is 2.64. The largest absolute Gasteiger partial charge is 0.293 e. The zero-order valence-corrected chi connectivity index (χ0v) is 15.2. The summed E-state index contributed by atoms with van der Waals surface area (Å²) in [5.41, 5.74) is 4.26. The van der Waals surface area contributed by atoms with Crippen molar-refractivity contribution in [2.24, 2.45) is 0 Å². The molecular formula is C23H29N. The molecule has 0 aromatic heterocycles. The molecule has 0 bridgehead atoms. The third kappa shape index (κ3) is 3.47. The zero-order chi connectivity index (χ0) is 17.0. The molecule has 1 aliphatic carbocycles. The van der Waals surface area contributed by atoms with Crippen LogP contribution in [0.1, 0.15) is 49.3 Å². The summed E-state index contributed by atoms with van der Waals surface area (Å²) in [5, 5.41) is 0. The molecule has 0 aliphatic heterocycles. The summed E-state index contributed by atoms with van der Waals surface area (Å²) in [6.07, 6.45) is 9.49. The van der Waals surface area contributed by atoms with E-state index < -0.39 is 0 Å². The number of rotatable bonds is 7. The lowest BCUT2D eigenvalue weighted by Gasteiger charge is -2.43. The maximum Gasteiger partial charge on any atom is 0.0494 e. The van der Waals surface area contributed by atoms with Crippen LogP contribution < -0.4 is 0 Å². The Bertz CT molecular complexity index is 684. The lowest BCUT2D eigenvalue weighted by Crippen LogP contribution is -2.45. The van der Waals surface area contributed by atoms with Crippen LogP contribution in [0.3, 0.4) is 0 Å². The van der Waals surface area contributed by atoms with E-state index in [4.69, 9.17) is 0 Å². The van der Waals surface area contributed by atoms with Crippen LogP contribution in [0.5, 0.6) is 0 Å².